The molecule has 2 aliphatic heterocycles. The van der Waals surface area contributed by atoms with Gasteiger partial charge in [-0.3, -0.25) is 9.69 Å². The van der Waals surface area contributed by atoms with Crippen molar-refractivity contribution in [2.45, 2.75) is 31.6 Å². The van der Waals surface area contributed by atoms with E-state index in [9.17, 15) is 13.2 Å². The van der Waals surface area contributed by atoms with E-state index in [2.05, 4.69) is 29.2 Å². The monoisotopic (exact) mass is 511 g/mol. The standard InChI is InChI=1S/C28H37N3O4S/c1-3-35-27-14-13-26(21-23(27)2)36(33,34)31-16-8-12-25(22-31)28(32)30-19-17-29(18-20-30)15-7-11-24-9-5-4-6-10-24/h4-7,9-11,13-14,21,25H,3,8,12,15-20,22H2,1-2H3/b11-7+/t25-/m1/s1. The Morgan fingerprint density at radius 2 is 1.81 bits per heavy atom. The van der Waals surface area contributed by atoms with Crippen LogP contribution in [0.2, 0.25) is 0 Å². The number of piperazine rings is 1. The fourth-order valence-corrected chi connectivity index (χ4v) is 6.53. The summed E-state index contributed by atoms with van der Waals surface area (Å²) in [5.74, 6) is 0.483. The smallest absolute Gasteiger partial charge is 0.243 e. The number of benzene rings is 2. The van der Waals surface area contributed by atoms with Gasteiger partial charge in [-0.15, -0.1) is 0 Å². The Bertz CT molecular complexity index is 1160. The summed E-state index contributed by atoms with van der Waals surface area (Å²) in [6.45, 7) is 8.83. The van der Waals surface area contributed by atoms with Gasteiger partial charge in [0.25, 0.3) is 0 Å². The van der Waals surface area contributed by atoms with Crippen LogP contribution in [-0.2, 0) is 14.8 Å². The lowest BCUT2D eigenvalue weighted by atomic mass is 9.98. The second-order valence-electron chi connectivity index (χ2n) is 9.50. The molecule has 7 nitrogen and oxygen atoms in total. The van der Waals surface area contributed by atoms with E-state index in [-0.39, 0.29) is 23.3 Å². The van der Waals surface area contributed by atoms with E-state index in [1.54, 1.807) is 18.2 Å². The Kier molecular flexibility index (Phi) is 8.82. The van der Waals surface area contributed by atoms with Gasteiger partial charge in [0.15, 0.2) is 0 Å². The van der Waals surface area contributed by atoms with Crippen LogP contribution in [0.5, 0.6) is 5.75 Å². The Morgan fingerprint density at radius 1 is 1.06 bits per heavy atom. The van der Waals surface area contributed by atoms with Gasteiger partial charge in [0.2, 0.25) is 15.9 Å². The molecular weight excluding hydrogens is 474 g/mol. The third-order valence-electron chi connectivity index (χ3n) is 6.97. The summed E-state index contributed by atoms with van der Waals surface area (Å²) in [7, 11) is -3.66. The van der Waals surface area contributed by atoms with Crippen LogP contribution in [0.15, 0.2) is 59.5 Å². The maximum Gasteiger partial charge on any atom is 0.243 e. The zero-order valence-corrected chi connectivity index (χ0v) is 22.1. The molecule has 2 aromatic carbocycles. The molecule has 8 heteroatoms. The zero-order valence-electron chi connectivity index (χ0n) is 21.3. The molecule has 0 saturated carbocycles. The van der Waals surface area contributed by atoms with Crippen LogP contribution in [0.1, 0.15) is 30.9 Å². The van der Waals surface area contributed by atoms with Crippen molar-refractivity contribution >= 4 is 22.0 Å². The molecule has 4 rings (SSSR count). The molecule has 36 heavy (non-hydrogen) atoms. The molecule has 0 aromatic heterocycles. The molecule has 2 heterocycles. The van der Waals surface area contributed by atoms with Crippen molar-refractivity contribution in [3.05, 3.63) is 65.7 Å². The predicted octanol–water partition coefficient (Wildman–Crippen LogP) is 3.65. The second-order valence-corrected chi connectivity index (χ2v) is 11.4. The van der Waals surface area contributed by atoms with Crippen LogP contribution in [0.4, 0.5) is 0 Å². The van der Waals surface area contributed by atoms with Crippen molar-refractivity contribution in [1.29, 1.82) is 0 Å². The molecule has 0 aliphatic carbocycles. The van der Waals surface area contributed by atoms with Gasteiger partial charge in [0.05, 0.1) is 17.4 Å². The fraction of sp³-hybridized carbons (Fsp3) is 0.464. The number of rotatable bonds is 8. The van der Waals surface area contributed by atoms with Gasteiger partial charge in [-0.05, 0) is 56.0 Å². The normalized spacial score (nSPS) is 20.1. The number of nitrogens with zero attached hydrogens (tertiary/aromatic N) is 3. The third kappa shape index (κ3) is 6.35. The molecule has 1 amide bonds. The summed E-state index contributed by atoms with van der Waals surface area (Å²) < 4.78 is 33.7. The molecule has 2 aliphatic rings. The van der Waals surface area contributed by atoms with Crippen LogP contribution in [0.3, 0.4) is 0 Å². The van der Waals surface area contributed by atoms with Gasteiger partial charge in [-0.2, -0.15) is 4.31 Å². The van der Waals surface area contributed by atoms with Gasteiger partial charge >= 0.3 is 0 Å². The first-order chi connectivity index (χ1) is 17.4. The average molecular weight is 512 g/mol. The molecule has 0 unspecified atom stereocenters. The molecule has 1 atom stereocenters. The van der Waals surface area contributed by atoms with E-state index in [1.165, 1.54) is 9.87 Å². The second kappa shape index (κ2) is 12.0. The highest BCUT2D eigenvalue weighted by Gasteiger charge is 2.36. The SMILES string of the molecule is CCOc1ccc(S(=O)(=O)N2CCC[C@@H](C(=O)N3CCN(C/C=C/c4ccccc4)CC3)C2)cc1C. The molecule has 2 fully saturated rings. The Hall–Kier alpha value is -2.68. The minimum Gasteiger partial charge on any atom is -0.494 e. The molecule has 0 N–H and O–H groups in total. The average Bonchev–Trinajstić information content (AvgIpc) is 2.90. The summed E-state index contributed by atoms with van der Waals surface area (Å²) in [5.41, 5.74) is 1.97. The Balaban J connectivity index is 1.31. The van der Waals surface area contributed by atoms with Gasteiger partial charge < -0.3 is 9.64 Å². The molecule has 0 radical (unpaired) electrons. The minimum atomic E-state index is -3.66. The predicted molar refractivity (Wildman–Crippen MR) is 142 cm³/mol. The van der Waals surface area contributed by atoms with E-state index in [1.807, 2.05) is 36.9 Å². The number of hydrogen-bond donors (Lipinski definition) is 0. The molecular formula is C28H37N3O4S. The number of amides is 1. The van der Waals surface area contributed by atoms with E-state index in [0.717, 1.165) is 31.6 Å². The largest absolute Gasteiger partial charge is 0.494 e. The maximum absolute atomic E-state index is 13.3. The topological polar surface area (TPSA) is 70.2 Å². The number of carbonyl (C=O) groups excluding carboxylic acids is 1. The van der Waals surface area contributed by atoms with Crippen LogP contribution in [0.25, 0.3) is 6.08 Å². The summed E-state index contributed by atoms with van der Waals surface area (Å²) in [6.07, 6.45) is 5.71. The Morgan fingerprint density at radius 3 is 2.50 bits per heavy atom. The van der Waals surface area contributed by atoms with Crippen molar-refractivity contribution in [1.82, 2.24) is 14.1 Å². The maximum atomic E-state index is 13.3. The van der Waals surface area contributed by atoms with Crippen LogP contribution < -0.4 is 4.74 Å². The first-order valence-corrected chi connectivity index (χ1v) is 14.3. The summed E-state index contributed by atoms with van der Waals surface area (Å²) in [5, 5.41) is 0. The lowest BCUT2D eigenvalue weighted by Crippen LogP contribution is -2.53. The highest BCUT2D eigenvalue weighted by atomic mass is 32.2. The summed E-state index contributed by atoms with van der Waals surface area (Å²) >= 11 is 0. The quantitative estimate of drug-likeness (QED) is 0.541. The van der Waals surface area contributed by atoms with E-state index in [0.29, 0.717) is 38.4 Å². The van der Waals surface area contributed by atoms with Crippen molar-refractivity contribution in [2.24, 2.45) is 5.92 Å². The number of sulfonamides is 1. The molecule has 2 saturated heterocycles. The lowest BCUT2D eigenvalue weighted by molar-refractivity contribution is -0.138. The van der Waals surface area contributed by atoms with Crippen LogP contribution in [-0.4, -0.2) is 80.9 Å². The summed E-state index contributed by atoms with van der Waals surface area (Å²) in [4.78, 5) is 17.8. The number of hydrogen-bond acceptors (Lipinski definition) is 5. The van der Waals surface area contributed by atoms with E-state index < -0.39 is 10.0 Å². The molecule has 194 valence electrons. The zero-order chi connectivity index (χ0) is 25.5. The Labute approximate surface area is 215 Å². The number of piperidine rings is 1. The van der Waals surface area contributed by atoms with Gasteiger partial charge in [-0.1, -0.05) is 42.5 Å². The highest BCUT2D eigenvalue weighted by molar-refractivity contribution is 7.89. The molecule has 0 bridgehead atoms. The number of carbonyl (C=O) groups is 1. The molecule has 0 spiro atoms. The van der Waals surface area contributed by atoms with Crippen molar-refractivity contribution in [3.8, 4) is 5.75 Å². The van der Waals surface area contributed by atoms with Gasteiger partial charge in [0, 0.05) is 45.8 Å². The molecule has 2 aromatic rings. The fourth-order valence-electron chi connectivity index (χ4n) is 4.92. The van der Waals surface area contributed by atoms with Gasteiger partial charge in [0.1, 0.15) is 5.75 Å². The lowest BCUT2D eigenvalue weighted by Gasteiger charge is -2.38. The van der Waals surface area contributed by atoms with E-state index >= 15 is 0 Å². The van der Waals surface area contributed by atoms with Crippen molar-refractivity contribution in [2.75, 3.05) is 52.4 Å². The first-order valence-electron chi connectivity index (χ1n) is 12.8. The van der Waals surface area contributed by atoms with Gasteiger partial charge in [-0.25, -0.2) is 8.42 Å². The van der Waals surface area contributed by atoms with E-state index in [4.69, 9.17) is 4.74 Å². The van der Waals surface area contributed by atoms with Crippen LogP contribution in [0, 0.1) is 12.8 Å². The third-order valence-corrected chi connectivity index (χ3v) is 8.84. The number of aryl methyl sites for hydroxylation is 1. The highest BCUT2D eigenvalue weighted by Crippen LogP contribution is 2.28. The van der Waals surface area contributed by atoms with Crippen LogP contribution >= 0.6 is 0 Å². The minimum absolute atomic E-state index is 0.0808. The summed E-state index contributed by atoms with van der Waals surface area (Å²) in [6, 6.07) is 15.2. The van der Waals surface area contributed by atoms with Crippen molar-refractivity contribution in [3.63, 3.8) is 0 Å². The first kappa shape index (κ1) is 26.4. The van der Waals surface area contributed by atoms with Crippen molar-refractivity contribution < 1.29 is 17.9 Å². The number of ether oxygens (including phenoxy) is 1.